The van der Waals surface area contributed by atoms with E-state index in [0.29, 0.717) is 6.42 Å². The van der Waals surface area contributed by atoms with Crippen LogP contribution in [-0.2, 0) is 28.6 Å². The lowest BCUT2D eigenvalue weighted by molar-refractivity contribution is -0.417. The van der Waals surface area contributed by atoms with Crippen molar-refractivity contribution >= 4 is 17.7 Å². The van der Waals surface area contributed by atoms with E-state index < -0.39 is 93.6 Å². The van der Waals surface area contributed by atoms with Crippen LogP contribution in [0.15, 0.2) is 48.1 Å². The van der Waals surface area contributed by atoms with Gasteiger partial charge in [0.1, 0.15) is 23.9 Å². The third-order valence-electron chi connectivity index (χ3n) is 12.6. The molecule has 5 aliphatic carbocycles. The first-order valence-corrected chi connectivity index (χ1v) is 17.1. The molecule has 4 N–H and O–H groups in total. The lowest BCUT2D eigenvalue weighted by Crippen LogP contribution is -2.90. The van der Waals surface area contributed by atoms with Crippen molar-refractivity contribution in [3.63, 3.8) is 0 Å². The number of epoxide rings is 1. The summed E-state index contributed by atoms with van der Waals surface area (Å²) in [6, 6.07) is 0. The van der Waals surface area contributed by atoms with Crippen molar-refractivity contribution in [2.24, 2.45) is 28.6 Å². The average Bonchev–Trinajstić information content (AvgIpc) is 3.74. The molecule has 0 aromatic heterocycles. The first kappa shape index (κ1) is 35.7. The highest BCUT2D eigenvalue weighted by molar-refractivity contribution is 6.05. The summed E-state index contributed by atoms with van der Waals surface area (Å²) in [4.78, 5) is 40.5. The molecule has 10 nitrogen and oxygen atoms in total. The van der Waals surface area contributed by atoms with E-state index in [0.717, 1.165) is 19.3 Å². The van der Waals surface area contributed by atoms with Crippen LogP contribution in [0.3, 0.4) is 0 Å². The Morgan fingerprint density at radius 3 is 2.43 bits per heavy atom. The van der Waals surface area contributed by atoms with Crippen molar-refractivity contribution in [1.29, 1.82) is 0 Å². The van der Waals surface area contributed by atoms with Crippen LogP contribution in [0, 0.1) is 28.6 Å². The first-order chi connectivity index (χ1) is 22.0. The Kier molecular flexibility index (Phi) is 9.15. The second kappa shape index (κ2) is 12.1. The molecule has 5 fully saturated rings. The lowest BCUT2D eigenvalue weighted by atomic mass is 9.27. The number of unbranched alkanes of at least 4 members (excludes halogenated alkanes) is 3. The summed E-state index contributed by atoms with van der Waals surface area (Å²) in [5.74, 6) is -4.79. The summed E-state index contributed by atoms with van der Waals surface area (Å²) in [5, 5.41) is 47.6. The number of fused-ring (bicyclic) bond motifs is 3. The van der Waals surface area contributed by atoms with E-state index in [4.69, 9.17) is 14.2 Å². The molecule has 1 spiro atoms. The van der Waals surface area contributed by atoms with E-state index in [9.17, 15) is 34.8 Å². The third kappa shape index (κ3) is 4.50. The van der Waals surface area contributed by atoms with Gasteiger partial charge in [0.05, 0.1) is 18.1 Å². The van der Waals surface area contributed by atoms with Crippen LogP contribution in [0.2, 0.25) is 0 Å². The molecule has 6 rings (SSSR count). The molecule has 260 valence electrons. The van der Waals surface area contributed by atoms with Gasteiger partial charge in [-0.1, -0.05) is 90.8 Å². The maximum Gasteiger partial charge on any atom is 0.331 e. The minimum absolute atomic E-state index is 0.0484. The van der Waals surface area contributed by atoms with Crippen LogP contribution in [0.1, 0.15) is 87.0 Å². The van der Waals surface area contributed by atoms with E-state index >= 15 is 0 Å². The van der Waals surface area contributed by atoms with Gasteiger partial charge >= 0.3 is 11.9 Å². The monoisotopic (exact) mass is 656 g/mol. The minimum atomic E-state index is -2.52. The predicted octanol–water partition coefficient (Wildman–Crippen LogP) is 3.65. The molecular weight excluding hydrogens is 604 g/mol. The zero-order chi connectivity index (χ0) is 34.8. The normalized spacial score (nSPS) is 43.5. The SMILES string of the molecule is CCCCC/C=C/C=C/C=C/C(=O)OC1C(C)C2(O)C3C=C(C)C(=O)C3(O)C(O)C3(CO)OC3C23CC1(OC(=O)C(C)CC)C3(C)C. The van der Waals surface area contributed by atoms with Gasteiger partial charge in [-0.25, -0.2) is 4.79 Å². The van der Waals surface area contributed by atoms with Gasteiger partial charge in [-0.3, -0.25) is 9.59 Å². The maximum atomic E-state index is 13.6. The number of carbonyl (C=O) groups excluding carboxylic acids is 3. The summed E-state index contributed by atoms with van der Waals surface area (Å²) in [6.07, 6.45) is 12.6. The molecule has 6 aliphatic rings. The predicted molar refractivity (Wildman–Crippen MR) is 173 cm³/mol. The molecule has 0 radical (unpaired) electrons. The maximum absolute atomic E-state index is 13.6. The summed E-state index contributed by atoms with van der Waals surface area (Å²) >= 11 is 0. The number of rotatable bonds is 12. The van der Waals surface area contributed by atoms with Gasteiger partial charge in [0.15, 0.2) is 17.0 Å². The number of hydrogen-bond donors (Lipinski definition) is 4. The number of ketones is 1. The van der Waals surface area contributed by atoms with Gasteiger partial charge in [0.25, 0.3) is 0 Å². The molecule has 0 amide bonds. The Bertz CT molecular complexity index is 1410. The number of allylic oxidation sites excluding steroid dienone is 5. The smallest absolute Gasteiger partial charge is 0.331 e. The molecule has 47 heavy (non-hydrogen) atoms. The van der Waals surface area contributed by atoms with Gasteiger partial charge in [0.2, 0.25) is 0 Å². The van der Waals surface area contributed by atoms with Gasteiger partial charge in [-0.05, 0) is 31.8 Å². The van der Waals surface area contributed by atoms with Crippen LogP contribution in [-0.4, -0.2) is 85.5 Å². The first-order valence-electron chi connectivity index (χ1n) is 17.1. The molecule has 1 saturated heterocycles. The molecule has 1 heterocycles. The Labute approximate surface area is 277 Å². The Hall–Kier alpha value is -2.63. The summed E-state index contributed by atoms with van der Waals surface area (Å²) in [7, 11) is 0. The van der Waals surface area contributed by atoms with Gasteiger partial charge in [0, 0.05) is 35.2 Å². The van der Waals surface area contributed by atoms with E-state index in [2.05, 4.69) is 13.0 Å². The van der Waals surface area contributed by atoms with E-state index in [1.54, 1.807) is 39.8 Å². The number of esters is 2. The second-order valence-corrected chi connectivity index (χ2v) is 15.0. The molecule has 11 atom stereocenters. The standard InChI is InChI=1S/C37H52O10/c1-8-10-11-12-13-14-15-16-17-18-26(39)45-28-24(5)37(44)25-19-23(4)27(40)36(25,43)30(42)33(21-38)31(47-33)34(37)20-35(28,32(34,6)7)46-29(41)22(3)9-2/h13-19,22,24-25,28,30-31,38,42-44H,8-12,20-21H2,1-7H3/b14-13+,16-15+,18-17+. The number of ether oxygens (including phenoxy) is 3. The molecule has 0 aromatic rings. The van der Waals surface area contributed by atoms with E-state index in [-0.39, 0.29) is 12.0 Å². The van der Waals surface area contributed by atoms with Crippen LogP contribution >= 0.6 is 0 Å². The number of carbonyl (C=O) groups is 3. The second-order valence-electron chi connectivity index (χ2n) is 15.0. The zero-order valence-electron chi connectivity index (χ0n) is 28.7. The number of hydrogen-bond acceptors (Lipinski definition) is 10. The summed E-state index contributed by atoms with van der Waals surface area (Å²) in [5.41, 5.74) is -10.1. The molecule has 1 aliphatic heterocycles. The van der Waals surface area contributed by atoms with Crippen molar-refractivity contribution < 1.29 is 49.0 Å². The minimum Gasteiger partial charge on any atom is -0.455 e. The Morgan fingerprint density at radius 1 is 1.13 bits per heavy atom. The largest absolute Gasteiger partial charge is 0.455 e. The Morgan fingerprint density at radius 2 is 1.81 bits per heavy atom. The molecule has 11 unspecified atom stereocenters. The lowest BCUT2D eigenvalue weighted by Gasteiger charge is -2.79. The summed E-state index contributed by atoms with van der Waals surface area (Å²) in [6.45, 7) is 11.8. The molecule has 2 bridgehead atoms. The van der Waals surface area contributed by atoms with E-state index in [1.165, 1.54) is 25.5 Å². The third-order valence-corrected chi connectivity index (χ3v) is 12.6. The molecule has 10 heteroatoms. The highest BCUT2D eigenvalue weighted by Crippen LogP contribution is 2.84. The number of aliphatic hydroxyl groups excluding tert-OH is 2. The van der Waals surface area contributed by atoms with Gasteiger partial charge < -0.3 is 34.6 Å². The molecular formula is C37H52O10. The summed E-state index contributed by atoms with van der Waals surface area (Å²) < 4.78 is 18.6. The van der Waals surface area contributed by atoms with Crippen LogP contribution < -0.4 is 0 Å². The molecule has 0 aromatic carbocycles. The number of aliphatic hydroxyl groups is 4. The van der Waals surface area contributed by atoms with Crippen molar-refractivity contribution in [3.8, 4) is 0 Å². The Balaban J connectivity index is 1.56. The van der Waals surface area contributed by atoms with Crippen molar-refractivity contribution in [2.45, 2.75) is 128 Å². The average molecular weight is 657 g/mol. The van der Waals surface area contributed by atoms with E-state index in [1.807, 2.05) is 19.1 Å². The fourth-order valence-electron chi connectivity index (χ4n) is 9.59. The quantitative estimate of drug-likeness (QED) is 0.0802. The van der Waals surface area contributed by atoms with Crippen molar-refractivity contribution in [2.75, 3.05) is 6.61 Å². The van der Waals surface area contributed by atoms with Crippen molar-refractivity contribution in [3.05, 3.63) is 48.1 Å². The molecule has 4 saturated carbocycles. The van der Waals surface area contributed by atoms with Crippen LogP contribution in [0.5, 0.6) is 0 Å². The highest BCUT2D eigenvalue weighted by atomic mass is 16.6. The van der Waals surface area contributed by atoms with Gasteiger partial charge in [-0.15, -0.1) is 0 Å². The van der Waals surface area contributed by atoms with Crippen molar-refractivity contribution in [1.82, 2.24) is 0 Å². The fraction of sp³-hybridized carbons (Fsp3) is 0.703. The van der Waals surface area contributed by atoms with Gasteiger partial charge in [-0.2, -0.15) is 0 Å². The topological polar surface area (TPSA) is 163 Å². The zero-order valence-corrected chi connectivity index (χ0v) is 28.7. The highest BCUT2D eigenvalue weighted by Gasteiger charge is 2.97. The van der Waals surface area contributed by atoms with Crippen LogP contribution in [0.25, 0.3) is 0 Å². The number of Topliss-reactive ketones (excluding diaryl/α,β-unsaturated/α-hetero) is 1. The fourth-order valence-corrected chi connectivity index (χ4v) is 9.59. The van der Waals surface area contributed by atoms with Crippen LogP contribution in [0.4, 0.5) is 0 Å².